The molecule has 2 aliphatic rings. The van der Waals surface area contributed by atoms with Crippen LogP contribution in [0.3, 0.4) is 0 Å². The van der Waals surface area contributed by atoms with Crippen molar-refractivity contribution in [3.05, 3.63) is 58.7 Å². The van der Waals surface area contributed by atoms with Crippen molar-refractivity contribution in [2.75, 3.05) is 0 Å². The second-order valence-corrected chi connectivity index (χ2v) is 8.60. The van der Waals surface area contributed by atoms with Gasteiger partial charge in [-0.2, -0.15) is 13.2 Å². The zero-order chi connectivity index (χ0) is 20.8. The minimum absolute atomic E-state index is 0.143. The first-order valence-electron chi connectivity index (χ1n) is 10.5. The van der Waals surface area contributed by atoms with Gasteiger partial charge in [-0.1, -0.05) is 25.8 Å². The number of alkyl halides is 3. The normalized spacial score (nSPS) is 24.1. The molecule has 1 saturated carbocycles. The number of benzene rings is 2. The largest absolute Gasteiger partial charge is 0.419 e. The summed E-state index contributed by atoms with van der Waals surface area (Å²) in [5, 5.41) is 0. The molecule has 0 nitrogen and oxygen atoms in total. The minimum Gasteiger partial charge on any atom is -0.206 e. The summed E-state index contributed by atoms with van der Waals surface area (Å²) in [4.78, 5) is 0. The molecule has 0 N–H and O–H groups in total. The molecule has 2 aromatic rings. The van der Waals surface area contributed by atoms with E-state index in [-0.39, 0.29) is 11.1 Å². The van der Waals surface area contributed by atoms with Gasteiger partial charge in [0.1, 0.15) is 11.6 Å². The minimum atomic E-state index is -4.76. The Morgan fingerprint density at radius 2 is 1.76 bits per heavy atom. The Hall–Kier alpha value is -1.91. The molecule has 0 saturated heterocycles. The molecule has 29 heavy (non-hydrogen) atoms. The summed E-state index contributed by atoms with van der Waals surface area (Å²) in [6.45, 7) is 2.21. The first kappa shape index (κ1) is 20.4. The Kier molecular flexibility index (Phi) is 5.43. The number of fused-ring (bicyclic) bond motifs is 3. The summed E-state index contributed by atoms with van der Waals surface area (Å²) in [5.41, 5.74) is 1.09. The fraction of sp³-hybridized carbons (Fsp3) is 0.500. The van der Waals surface area contributed by atoms with E-state index in [2.05, 4.69) is 6.92 Å². The number of hydrogen-bond donors (Lipinski definition) is 0. The van der Waals surface area contributed by atoms with E-state index in [1.165, 1.54) is 25.7 Å². The average Bonchev–Trinajstić information content (AvgIpc) is 2.66. The Labute approximate surface area is 168 Å². The molecule has 0 heterocycles. The monoisotopic (exact) mass is 408 g/mol. The quantitative estimate of drug-likeness (QED) is 0.453. The van der Waals surface area contributed by atoms with Gasteiger partial charge in [-0.05, 0) is 90.8 Å². The molecule has 0 amide bonds. The van der Waals surface area contributed by atoms with E-state index in [1.54, 1.807) is 12.1 Å². The predicted molar refractivity (Wildman–Crippen MR) is 104 cm³/mol. The predicted octanol–water partition coefficient (Wildman–Crippen LogP) is 7.90. The summed E-state index contributed by atoms with van der Waals surface area (Å²) >= 11 is 0. The smallest absolute Gasteiger partial charge is 0.206 e. The van der Waals surface area contributed by atoms with Gasteiger partial charge in [0.15, 0.2) is 0 Å². The fourth-order valence-electron chi connectivity index (χ4n) is 5.43. The van der Waals surface area contributed by atoms with Gasteiger partial charge in [0.25, 0.3) is 0 Å². The van der Waals surface area contributed by atoms with Gasteiger partial charge in [0.05, 0.1) is 5.56 Å². The lowest BCUT2D eigenvalue weighted by molar-refractivity contribution is -0.139. The molecule has 1 fully saturated rings. The topological polar surface area (TPSA) is 0 Å². The van der Waals surface area contributed by atoms with Gasteiger partial charge in [-0.25, -0.2) is 8.78 Å². The molecule has 5 heteroatoms. The molecule has 3 atom stereocenters. The number of halogens is 5. The molecule has 0 aromatic heterocycles. The molecule has 0 radical (unpaired) electrons. The fourth-order valence-corrected chi connectivity index (χ4v) is 5.43. The SMILES string of the molecule is CCCC1CCC2c3cc(F)c(-c4ccc(C(F)(F)F)c(F)c4)cc3CCC2C1. The Morgan fingerprint density at radius 1 is 0.966 bits per heavy atom. The highest BCUT2D eigenvalue weighted by Gasteiger charge is 2.36. The van der Waals surface area contributed by atoms with Crippen LogP contribution in [-0.2, 0) is 12.6 Å². The summed E-state index contributed by atoms with van der Waals surface area (Å²) in [6.07, 6.45) is 3.02. The van der Waals surface area contributed by atoms with Gasteiger partial charge in [0.2, 0.25) is 0 Å². The Morgan fingerprint density at radius 3 is 2.45 bits per heavy atom. The highest BCUT2D eigenvalue weighted by atomic mass is 19.4. The molecule has 4 rings (SSSR count). The second-order valence-electron chi connectivity index (χ2n) is 8.60. The number of aryl methyl sites for hydroxylation is 1. The summed E-state index contributed by atoms with van der Waals surface area (Å²) in [5.74, 6) is -0.149. The van der Waals surface area contributed by atoms with Crippen molar-refractivity contribution in [3.8, 4) is 11.1 Å². The van der Waals surface area contributed by atoms with Gasteiger partial charge >= 0.3 is 6.18 Å². The Balaban J connectivity index is 1.64. The lowest BCUT2D eigenvalue weighted by atomic mass is 9.64. The molecule has 3 unspecified atom stereocenters. The maximum Gasteiger partial charge on any atom is 0.419 e. The van der Waals surface area contributed by atoms with Gasteiger partial charge in [-0.15, -0.1) is 0 Å². The van der Waals surface area contributed by atoms with Crippen LogP contribution < -0.4 is 0 Å². The van der Waals surface area contributed by atoms with Crippen LogP contribution in [0.5, 0.6) is 0 Å². The van der Waals surface area contributed by atoms with Crippen LogP contribution >= 0.6 is 0 Å². The van der Waals surface area contributed by atoms with Crippen molar-refractivity contribution in [2.45, 2.75) is 64.0 Å². The second kappa shape index (κ2) is 7.73. The lowest BCUT2D eigenvalue weighted by Crippen LogP contribution is -2.28. The van der Waals surface area contributed by atoms with E-state index >= 15 is 0 Å². The van der Waals surface area contributed by atoms with Gasteiger partial charge in [-0.3, -0.25) is 0 Å². The van der Waals surface area contributed by atoms with Crippen LogP contribution in [0.25, 0.3) is 11.1 Å². The van der Waals surface area contributed by atoms with E-state index in [4.69, 9.17) is 0 Å². The maximum atomic E-state index is 14.9. The highest BCUT2D eigenvalue weighted by molar-refractivity contribution is 5.67. The molecule has 0 bridgehead atoms. The van der Waals surface area contributed by atoms with Crippen molar-refractivity contribution in [2.24, 2.45) is 11.8 Å². The van der Waals surface area contributed by atoms with Crippen LogP contribution in [0.2, 0.25) is 0 Å². The van der Waals surface area contributed by atoms with E-state index in [9.17, 15) is 22.0 Å². The molecular weight excluding hydrogens is 383 g/mol. The van der Waals surface area contributed by atoms with Crippen LogP contribution in [-0.4, -0.2) is 0 Å². The first-order valence-corrected chi connectivity index (χ1v) is 10.5. The number of rotatable bonds is 3. The van der Waals surface area contributed by atoms with Gasteiger partial charge < -0.3 is 0 Å². The zero-order valence-corrected chi connectivity index (χ0v) is 16.5. The van der Waals surface area contributed by atoms with E-state index in [0.717, 1.165) is 48.4 Å². The summed E-state index contributed by atoms with van der Waals surface area (Å²) in [7, 11) is 0. The molecule has 0 spiro atoms. The van der Waals surface area contributed by atoms with Crippen molar-refractivity contribution >= 4 is 0 Å². The van der Waals surface area contributed by atoms with Crippen molar-refractivity contribution < 1.29 is 22.0 Å². The first-order chi connectivity index (χ1) is 13.8. The average molecular weight is 408 g/mol. The van der Waals surface area contributed by atoms with Crippen molar-refractivity contribution in [1.82, 2.24) is 0 Å². The van der Waals surface area contributed by atoms with Crippen LogP contribution in [0.15, 0.2) is 30.3 Å². The lowest BCUT2D eigenvalue weighted by Gasteiger charge is -2.41. The Bertz CT molecular complexity index is 899. The zero-order valence-electron chi connectivity index (χ0n) is 16.5. The molecule has 0 aliphatic heterocycles. The third-order valence-electron chi connectivity index (χ3n) is 6.79. The molecule has 2 aliphatic carbocycles. The molecule has 2 aromatic carbocycles. The standard InChI is InChI=1S/C24H25F5/c1-2-3-14-4-8-18-15(10-14)5-6-16-11-20(22(25)13-19(16)18)17-7-9-21(23(26)12-17)24(27,28)29/h7,9,11-15,18H,2-6,8,10H2,1H3. The molecule has 156 valence electrons. The van der Waals surface area contributed by atoms with E-state index in [0.29, 0.717) is 17.9 Å². The third kappa shape index (κ3) is 3.93. The van der Waals surface area contributed by atoms with Crippen LogP contribution in [0.1, 0.15) is 68.1 Å². The summed E-state index contributed by atoms with van der Waals surface area (Å²) in [6, 6.07) is 5.90. The highest BCUT2D eigenvalue weighted by Crippen LogP contribution is 2.49. The summed E-state index contributed by atoms with van der Waals surface area (Å²) < 4.78 is 67.3. The number of hydrogen-bond acceptors (Lipinski definition) is 0. The van der Waals surface area contributed by atoms with Crippen molar-refractivity contribution in [3.63, 3.8) is 0 Å². The van der Waals surface area contributed by atoms with Crippen molar-refractivity contribution in [1.29, 1.82) is 0 Å². The molecular formula is C24H25F5. The van der Waals surface area contributed by atoms with Crippen LogP contribution in [0.4, 0.5) is 22.0 Å². The maximum absolute atomic E-state index is 14.9. The van der Waals surface area contributed by atoms with Gasteiger partial charge in [0, 0.05) is 5.56 Å². The van der Waals surface area contributed by atoms with E-state index in [1.807, 2.05) is 0 Å². The third-order valence-corrected chi connectivity index (χ3v) is 6.79. The van der Waals surface area contributed by atoms with E-state index < -0.39 is 23.4 Å². The van der Waals surface area contributed by atoms with Crippen LogP contribution in [0, 0.1) is 23.5 Å².